The van der Waals surface area contributed by atoms with Crippen LogP contribution in [0.15, 0.2) is 97.1 Å². The zero-order valence-corrected chi connectivity index (χ0v) is 15.0. The molecule has 0 aliphatic carbocycles. The average Bonchev–Trinajstić information content (AvgIpc) is 3.09. The van der Waals surface area contributed by atoms with Crippen molar-refractivity contribution in [2.75, 3.05) is 0 Å². The third kappa shape index (κ3) is 2.60. The summed E-state index contributed by atoms with van der Waals surface area (Å²) in [5, 5.41) is 2.43. The first-order valence-electron chi connectivity index (χ1n) is 9.08. The van der Waals surface area contributed by atoms with Crippen LogP contribution in [0.3, 0.4) is 0 Å². The molecule has 0 N–H and O–H groups in total. The Kier molecular flexibility index (Phi) is 3.81. The van der Waals surface area contributed by atoms with Gasteiger partial charge < -0.3 is 9.30 Å². The molecule has 0 fully saturated rings. The number of ether oxygens (including phenoxy) is 1. The lowest BCUT2D eigenvalue weighted by molar-refractivity contribution is 0.481. The highest BCUT2D eigenvalue weighted by Gasteiger charge is 2.14. The third-order valence-corrected chi connectivity index (χ3v) is 4.88. The summed E-state index contributed by atoms with van der Waals surface area (Å²) in [5.74, 6) is 1.48. The number of para-hydroxylation sites is 4. The van der Waals surface area contributed by atoms with Gasteiger partial charge in [0.15, 0.2) is 11.4 Å². The molecular formula is C25H16N2O. The molecule has 0 aliphatic rings. The van der Waals surface area contributed by atoms with Crippen LogP contribution in [-0.2, 0) is 0 Å². The Morgan fingerprint density at radius 1 is 0.643 bits per heavy atom. The molecule has 4 aromatic carbocycles. The highest BCUT2D eigenvalue weighted by Crippen LogP contribution is 2.36. The van der Waals surface area contributed by atoms with Gasteiger partial charge in [-0.1, -0.05) is 60.7 Å². The summed E-state index contributed by atoms with van der Waals surface area (Å²) in [5.41, 5.74) is 3.86. The summed E-state index contributed by atoms with van der Waals surface area (Å²) in [7, 11) is 0. The largest absolute Gasteiger partial charge is 0.455 e. The predicted octanol–water partition coefficient (Wildman–Crippen LogP) is 7.13. The van der Waals surface area contributed by atoms with E-state index in [-0.39, 0.29) is 0 Å². The topological polar surface area (TPSA) is 18.5 Å². The van der Waals surface area contributed by atoms with Gasteiger partial charge in [-0.05, 0) is 36.4 Å². The number of hydrogen-bond acceptors (Lipinski definition) is 1. The minimum absolute atomic E-state index is 0.600. The Morgan fingerprint density at radius 3 is 1.86 bits per heavy atom. The molecule has 0 atom stereocenters. The van der Waals surface area contributed by atoms with Crippen LogP contribution < -0.4 is 4.74 Å². The van der Waals surface area contributed by atoms with Crippen molar-refractivity contribution < 1.29 is 4.74 Å². The van der Waals surface area contributed by atoms with Crippen molar-refractivity contribution in [3.8, 4) is 17.2 Å². The molecule has 3 nitrogen and oxygen atoms in total. The number of fused-ring (bicyclic) bond motifs is 3. The van der Waals surface area contributed by atoms with E-state index in [1.807, 2.05) is 30.3 Å². The number of nitrogens with zero attached hydrogens (tertiary/aromatic N) is 2. The van der Waals surface area contributed by atoms with Crippen LogP contribution >= 0.6 is 0 Å². The van der Waals surface area contributed by atoms with E-state index >= 15 is 0 Å². The van der Waals surface area contributed by atoms with Gasteiger partial charge in [0.1, 0.15) is 5.75 Å². The van der Waals surface area contributed by atoms with Crippen molar-refractivity contribution in [3.05, 3.63) is 108 Å². The van der Waals surface area contributed by atoms with E-state index < -0.39 is 0 Å². The number of benzene rings is 4. The van der Waals surface area contributed by atoms with Gasteiger partial charge in [0.05, 0.1) is 23.3 Å². The molecule has 1 aromatic heterocycles. The highest BCUT2D eigenvalue weighted by molar-refractivity contribution is 6.09. The molecule has 1 heterocycles. The molecule has 0 spiro atoms. The fourth-order valence-electron chi connectivity index (χ4n) is 3.63. The number of rotatable bonds is 3. The molecule has 3 heteroatoms. The molecular weight excluding hydrogens is 344 g/mol. The Balaban J connectivity index is 1.71. The van der Waals surface area contributed by atoms with Gasteiger partial charge in [0, 0.05) is 10.8 Å². The second kappa shape index (κ2) is 6.61. The maximum atomic E-state index is 7.10. The quantitative estimate of drug-likeness (QED) is 0.313. The van der Waals surface area contributed by atoms with Crippen molar-refractivity contribution in [3.63, 3.8) is 0 Å². The fourth-order valence-corrected chi connectivity index (χ4v) is 3.63. The first kappa shape index (κ1) is 16.2. The zero-order valence-electron chi connectivity index (χ0n) is 15.0. The predicted molar refractivity (Wildman–Crippen MR) is 114 cm³/mol. The van der Waals surface area contributed by atoms with Crippen molar-refractivity contribution in [1.29, 1.82) is 0 Å². The summed E-state index contributed by atoms with van der Waals surface area (Å²) in [4.78, 5) is 3.44. The van der Waals surface area contributed by atoms with Gasteiger partial charge in [-0.2, -0.15) is 0 Å². The Morgan fingerprint density at radius 2 is 1.21 bits per heavy atom. The van der Waals surface area contributed by atoms with Crippen LogP contribution in [0.5, 0.6) is 11.5 Å². The smallest absolute Gasteiger partial charge is 0.187 e. The molecule has 0 bridgehead atoms. The molecule has 0 radical (unpaired) electrons. The van der Waals surface area contributed by atoms with E-state index in [2.05, 4.69) is 64.0 Å². The Labute approximate surface area is 162 Å². The maximum Gasteiger partial charge on any atom is 0.187 e. The molecule has 0 saturated heterocycles. The van der Waals surface area contributed by atoms with E-state index in [9.17, 15) is 0 Å². The summed E-state index contributed by atoms with van der Waals surface area (Å²) in [6, 6.07) is 32.1. The van der Waals surface area contributed by atoms with Crippen LogP contribution in [0.25, 0.3) is 32.3 Å². The van der Waals surface area contributed by atoms with Gasteiger partial charge in [-0.25, -0.2) is 4.85 Å². The lowest BCUT2D eigenvalue weighted by Crippen LogP contribution is -1.97. The average molecular weight is 360 g/mol. The number of hydrogen-bond donors (Lipinski definition) is 0. The van der Waals surface area contributed by atoms with E-state index in [0.717, 1.165) is 22.5 Å². The summed E-state index contributed by atoms with van der Waals surface area (Å²) >= 11 is 0. The van der Waals surface area contributed by atoms with Crippen molar-refractivity contribution in [2.45, 2.75) is 0 Å². The van der Waals surface area contributed by atoms with E-state index in [1.165, 1.54) is 10.8 Å². The van der Waals surface area contributed by atoms with Crippen LogP contribution in [0.1, 0.15) is 0 Å². The lowest BCUT2D eigenvalue weighted by Gasteiger charge is -2.14. The van der Waals surface area contributed by atoms with Crippen molar-refractivity contribution in [2.24, 2.45) is 0 Å². The van der Waals surface area contributed by atoms with Gasteiger partial charge >= 0.3 is 0 Å². The van der Waals surface area contributed by atoms with E-state index in [0.29, 0.717) is 11.4 Å². The van der Waals surface area contributed by atoms with Gasteiger partial charge in [-0.15, -0.1) is 0 Å². The molecule has 0 aliphatic heterocycles. The molecule has 132 valence electrons. The minimum Gasteiger partial charge on any atom is -0.455 e. The first-order chi connectivity index (χ1) is 13.8. The second-order valence-electron chi connectivity index (χ2n) is 6.55. The van der Waals surface area contributed by atoms with E-state index in [1.54, 1.807) is 12.1 Å². The number of aromatic nitrogens is 1. The minimum atomic E-state index is 0.600. The SMILES string of the molecule is [C-]#[N+]c1ccc(Oc2ccccc2-n2c3ccccc3c3ccccc32)cc1. The fraction of sp³-hybridized carbons (Fsp3) is 0. The Hall–Kier alpha value is -4.03. The van der Waals surface area contributed by atoms with Crippen LogP contribution in [0.4, 0.5) is 5.69 Å². The van der Waals surface area contributed by atoms with Crippen molar-refractivity contribution >= 4 is 27.5 Å². The lowest BCUT2D eigenvalue weighted by atomic mass is 10.2. The third-order valence-electron chi connectivity index (χ3n) is 4.88. The normalized spacial score (nSPS) is 10.8. The highest BCUT2D eigenvalue weighted by atomic mass is 16.5. The van der Waals surface area contributed by atoms with Gasteiger partial charge in [0.2, 0.25) is 0 Å². The van der Waals surface area contributed by atoms with Crippen LogP contribution in [0, 0.1) is 6.57 Å². The first-order valence-corrected chi connectivity index (χ1v) is 9.08. The molecule has 5 aromatic rings. The second-order valence-corrected chi connectivity index (χ2v) is 6.55. The summed E-state index contributed by atoms with van der Waals surface area (Å²) < 4.78 is 8.45. The molecule has 28 heavy (non-hydrogen) atoms. The molecule has 5 rings (SSSR count). The zero-order chi connectivity index (χ0) is 18.9. The summed E-state index contributed by atoms with van der Waals surface area (Å²) in [6.45, 7) is 7.10. The molecule has 0 amide bonds. The Bertz CT molecular complexity index is 1290. The van der Waals surface area contributed by atoms with Crippen LogP contribution in [0.2, 0.25) is 0 Å². The molecule has 0 unspecified atom stereocenters. The monoisotopic (exact) mass is 360 g/mol. The van der Waals surface area contributed by atoms with Gasteiger partial charge in [0.25, 0.3) is 0 Å². The van der Waals surface area contributed by atoms with Gasteiger partial charge in [-0.3, -0.25) is 0 Å². The van der Waals surface area contributed by atoms with Crippen molar-refractivity contribution in [1.82, 2.24) is 4.57 Å². The van der Waals surface area contributed by atoms with Crippen LogP contribution in [-0.4, -0.2) is 4.57 Å². The standard InChI is InChI=1S/C25H16N2O/c1-26-18-14-16-19(17-15-18)28-25-13-7-6-12-24(25)27-22-10-4-2-8-20(22)21-9-3-5-11-23(21)27/h2-17H. The van der Waals surface area contributed by atoms with E-state index in [4.69, 9.17) is 11.3 Å². The molecule has 0 saturated carbocycles. The maximum absolute atomic E-state index is 7.10. The summed E-state index contributed by atoms with van der Waals surface area (Å²) in [6.07, 6.45) is 0.